The molecule has 0 saturated carbocycles. The molecule has 10 heteroatoms. The third-order valence-electron chi connectivity index (χ3n) is 8.45. The molecule has 0 aromatic heterocycles. The Morgan fingerprint density at radius 1 is 1.24 bits per heavy atom. The van der Waals surface area contributed by atoms with Crippen LogP contribution >= 0.6 is 0 Å². The maximum atomic E-state index is 13.3. The molecule has 0 radical (unpaired) electrons. The number of allylic oxidation sites excluding steroid dienone is 1. The lowest BCUT2D eigenvalue weighted by molar-refractivity contribution is -0.133. The molecule has 222 valence electrons. The SMILES string of the molecule is C/C=C(/CC(NC(=O)NCC1CCCN1C(=O)C(C#N)/C=C/C(C)(C)N1CCC(C)C1)B(O)O)c1ccccc1C. The van der Waals surface area contributed by atoms with E-state index in [4.69, 9.17) is 0 Å². The second kappa shape index (κ2) is 14.7. The van der Waals surface area contributed by atoms with Crippen LogP contribution < -0.4 is 10.6 Å². The second-order valence-electron chi connectivity index (χ2n) is 12.0. The average Bonchev–Trinajstić information content (AvgIpc) is 3.60. The number of nitrogens with zero attached hydrogens (tertiary/aromatic N) is 3. The van der Waals surface area contributed by atoms with E-state index >= 15 is 0 Å². The molecule has 9 nitrogen and oxygen atoms in total. The predicted octanol–water partition coefficient (Wildman–Crippen LogP) is 3.28. The van der Waals surface area contributed by atoms with Gasteiger partial charge in [-0.2, -0.15) is 5.26 Å². The number of amides is 3. The topological polar surface area (TPSA) is 129 Å². The molecule has 2 aliphatic heterocycles. The summed E-state index contributed by atoms with van der Waals surface area (Å²) in [6.07, 6.45) is 8.50. The van der Waals surface area contributed by atoms with Crippen molar-refractivity contribution >= 4 is 24.6 Å². The van der Waals surface area contributed by atoms with Gasteiger partial charge in [0.05, 0.1) is 12.0 Å². The molecule has 4 atom stereocenters. The molecule has 3 rings (SSSR count). The molecule has 2 aliphatic rings. The van der Waals surface area contributed by atoms with E-state index in [9.17, 15) is 24.9 Å². The van der Waals surface area contributed by atoms with E-state index in [0.29, 0.717) is 18.9 Å². The molecule has 2 saturated heterocycles. The Kier molecular flexibility index (Phi) is 11.6. The Morgan fingerprint density at radius 3 is 2.59 bits per heavy atom. The zero-order valence-corrected chi connectivity index (χ0v) is 25.1. The summed E-state index contributed by atoms with van der Waals surface area (Å²) in [7, 11) is -1.75. The fourth-order valence-electron chi connectivity index (χ4n) is 5.81. The smallest absolute Gasteiger partial charge is 0.426 e. The summed E-state index contributed by atoms with van der Waals surface area (Å²) in [5.41, 5.74) is 2.70. The molecule has 41 heavy (non-hydrogen) atoms. The third-order valence-corrected chi connectivity index (χ3v) is 8.45. The standard InChI is InChI=1S/C31H46BN5O4/c1-6-24(27-12-8-7-10-23(27)3)18-28(32(40)41)35-30(39)34-20-26-11-9-16-37(26)29(38)25(19-33)13-15-31(4,5)36-17-14-22(2)21-36/h6-8,10,12-13,15,22,25-26,28,40-41H,9,11,14,16-18,20-21H2,1-5H3,(H2,34,35,39)/b15-13+,24-6-. The van der Waals surface area contributed by atoms with Crippen LogP contribution in [0.25, 0.3) is 5.57 Å². The van der Waals surface area contributed by atoms with Crippen LogP contribution in [0.4, 0.5) is 4.79 Å². The maximum Gasteiger partial charge on any atom is 0.475 e. The fraction of sp³-hybridized carbons (Fsp3) is 0.581. The lowest BCUT2D eigenvalue weighted by Gasteiger charge is -2.33. The summed E-state index contributed by atoms with van der Waals surface area (Å²) in [5, 5.41) is 35.3. The number of likely N-dealkylation sites (tertiary alicyclic amines) is 2. The first-order chi connectivity index (χ1) is 19.5. The first-order valence-electron chi connectivity index (χ1n) is 14.7. The maximum absolute atomic E-state index is 13.3. The Bertz CT molecular complexity index is 1160. The van der Waals surface area contributed by atoms with Gasteiger partial charge in [-0.15, -0.1) is 0 Å². The van der Waals surface area contributed by atoms with E-state index in [1.807, 2.05) is 50.3 Å². The number of hydrogen-bond donors (Lipinski definition) is 4. The van der Waals surface area contributed by atoms with Gasteiger partial charge in [0.1, 0.15) is 5.92 Å². The van der Waals surface area contributed by atoms with Crippen LogP contribution in [0.5, 0.6) is 0 Å². The van der Waals surface area contributed by atoms with Gasteiger partial charge in [-0.1, -0.05) is 49.4 Å². The Hall–Kier alpha value is -3.13. The highest BCUT2D eigenvalue weighted by atomic mass is 16.4. The van der Waals surface area contributed by atoms with Gasteiger partial charge in [0, 0.05) is 31.2 Å². The predicted molar refractivity (Wildman–Crippen MR) is 162 cm³/mol. The number of hydrogen-bond acceptors (Lipinski definition) is 6. The van der Waals surface area contributed by atoms with Crippen molar-refractivity contribution in [1.82, 2.24) is 20.4 Å². The number of carbonyl (C=O) groups excluding carboxylic acids is 2. The zero-order valence-electron chi connectivity index (χ0n) is 25.1. The molecule has 2 fully saturated rings. The molecule has 1 aromatic rings. The van der Waals surface area contributed by atoms with Crippen molar-refractivity contribution in [3.63, 3.8) is 0 Å². The van der Waals surface area contributed by atoms with Crippen LogP contribution in [0.3, 0.4) is 0 Å². The van der Waals surface area contributed by atoms with Crippen molar-refractivity contribution < 1.29 is 19.6 Å². The highest BCUT2D eigenvalue weighted by molar-refractivity contribution is 6.44. The second-order valence-corrected chi connectivity index (χ2v) is 12.0. The Morgan fingerprint density at radius 2 is 1.98 bits per heavy atom. The highest BCUT2D eigenvalue weighted by Crippen LogP contribution is 2.27. The summed E-state index contributed by atoms with van der Waals surface area (Å²) in [5.74, 6) is -1.42. The number of nitriles is 1. The molecular formula is C31H46BN5O4. The molecule has 0 bridgehead atoms. The Balaban J connectivity index is 1.57. The summed E-state index contributed by atoms with van der Waals surface area (Å²) in [6.45, 7) is 13.1. The number of nitrogens with one attached hydrogen (secondary N) is 2. The first kappa shape index (κ1) is 32.4. The number of rotatable bonds is 11. The highest BCUT2D eigenvalue weighted by Gasteiger charge is 2.35. The fourth-order valence-corrected chi connectivity index (χ4v) is 5.81. The zero-order chi connectivity index (χ0) is 30.2. The first-order valence-corrected chi connectivity index (χ1v) is 14.7. The summed E-state index contributed by atoms with van der Waals surface area (Å²) < 4.78 is 0. The average molecular weight is 564 g/mol. The van der Waals surface area contributed by atoms with Gasteiger partial charge in [0.2, 0.25) is 5.91 Å². The van der Waals surface area contributed by atoms with E-state index in [0.717, 1.165) is 42.6 Å². The molecule has 0 aliphatic carbocycles. The van der Waals surface area contributed by atoms with Crippen LogP contribution in [0.2, 0.25) is 0 Å². The van der Waals surface area contributed by atoms with Crippen LogP contribution in [0.1, 0.15) is 64.5 Å². The van der Waals surface area contributed by atoms with Gasteiger partial charge in [0.25, 0.3) is 0 Å². The molecule has 1 aromatic carbocycles. The number of aryl methyl sites for hydroxylation is 1. The van der Waals surface area contributed by atoms with E-state index in [-0.39, 0.29) is 30.5 Å². The van der Waals surface area contributed by atoms with Crippen LogP contribution in [-0.2, 0) is 4.79 Å². The number of carbonyl (C=O) groups is 2. The van der Waals surface area contributed by atoms with Gasteiger partial charge >= 0.3 is 13.1 Å². The van der Waals surface area contributed by atoms with E-state index in [2.05, 4.69) is 42.4 Å². The Labute approximate surface area is 245 Å². The monoisotopic (exact) mass is 563 g/mol. The van der Waals surface area contributed by atoms with E-state index in [1.165, 1.54) is 0 Å². The molecule has 0 spiro atoms. The summed E-state index contributed by atoms with van der Waals surface area (Å²) in [4.78, 5) is 30.2. The molecule has 3 amide bonds. The minimum atomic E-state index is -1.75. The normalized spacial score (nSPS) is 21.5. The molecular weight excluding hydrogens is 517 g/mol. The van der Waals surface area contributed by atoms with Crippen LogP contribution in [0.15, 0.2) is 42.5 Å². The van der Waals surface area contributed by atoms with Gasteiger partial charge in [-0.25, -0.2) is 4.79 Å². The van der Waals surface area contributed by atoms with Crippen molar-refractivity contribution in [2.75, 3.05) is 26.2 Å². The van der Waals surface area contributed by atoms with E-state index < -0.39 is 25.0 Å². The van der Waals surface area contributed by atoms with Crippen molar-refractivity contribution in [2.24, 2.45) is 11.8 Å². The lowest BCUT2D eigenvalue weighted by Crippen LogP contribution is -2.52. The van der Waals surface area contributed by atoms with Gasteiger partial charge in [-0.3, -0.25) is 9.69 Å². The summed E-state index contributed by atoms with van der Waals surface area (Å²) >= 11 is 0. The molecule has 2 heterocycles. The molecule has 4 N–H and O–H groups in total. The number of benzene rings is 1. The van der Waals surface area contributed by atoms with Crippen LogP contribution in [0, 0.1) is 30.1 Å². The van der Waals surface area contributed by atoms with Crippen molar-refractivity contribution in [3.8, 4) is 6.07 Å². The van der Waals surface area contributed by atoms with Gasteiger partial charge in [0.15, 0.2) is 0 Å². The van der Waals surface area contributed by atoms with Crippen molar-refractivity contribution in [1.29, 1.82) is 5.26 Å². The van der Waals surface area contributed by atoms with E-state index in [1.54, 1.807) is 11.0 Å². The lowest BCUT2D eigenvalue weighted by atomic mass is 9.74. The van der Waals surface area contributed by atoms with Crippen molar-refractivity contribution in [2.45, 2.75) is 77.8 Å². The van der Waals surface area contributed by atoms with Crippen molar-refractivity contribution in [3.05, 3.63) is 53.6 Å². The largest absolute Gasteiger partial charge is 0.475 e. The summed E-state index contributed by atoms with van der Waals surface area (Å²) in [6, 6.07) is 9.20. The minimum Gasteiger partial charge on any atom is -0.426 e. The number of urea groups is 1. The third kappa shape index (κ3) is 8.68. The van der Waals surface area contributed by atoms with Gasteiger partial charge < -0.3 is 25.6 Å². The molecule has 4 unspecified atom stereocenters. The van der Waals surface area contributed by atoms with Gasteiger partial charge in [-0.05, 0) is 82.5 Å². The van der Waals surface area contributed by atoms with Crippen LogP contribution in [-0.4, -0.2) is 82.6 Å². The minimum absolute atomic E-state index is 0.207. The quantitative estimate of drug-likeness (QED) is 0.242.